The summed E-state index contributed by atoms with van der Waals surface area (Å²) in [5.41, 5.74) is 1.21. The van der Waals surface area contributed by atoms with Gasteiger partial charge in [0.1, 0.15) is 30.8 Å². The molecule has 0 fully saturated rings. The van der Waals surface area contributed by atoms with Crippen molar-refractivity contribution in [3.63, 3.8) is 0 Å². The number of amides is 5. The quantitative estimate of drug-likeness (QED) is 0.320. The number of halogens is 1. The van der Waals surface area contributed by atoms with E-state index in [0.717, 1.165) is 11.1 Å². The molecule has 3 N–H and O–H groups in total. The second kappa shape index (κ2) is 18.3. The largest absolute Gasteiger partial charge is 0.491 e. The van der Waals surface area contributed by atoms with Gasteiger partial charge in [-0.1, -0.05) is 82.3 Å². The van der Waals surface area contributed by atoms with Crippen molar-refractivity contribution in [1.82, 2.24) is 25.8 Å². The second-order valence-electron chi connectivity index (χ2n) is 14.4. The summed E-state index contributed by atoms with van der Waals surface area (Å²) in [6, 6.07) is 20.3. The zero-order valence-corrected chi connectivity index (χ0v) is 30.6. The summed E-state index contributed by atoms with van der Waals surface area (Å²) in [6.45, 7) is 7.68. The van der Waals surface area contributed by atoms with Crippen LogP contribution >= 0.6 is 0 Å². The number of hydrogen-bond acceptors (Lipinski definition) is 6. The van der Waals surface area contributed by atoms with Crippen molar-refractivity contribution in [2.75, 3.05) is 33.3 Å². The van der Waals surface area contributed by atoms with Gasteiger partial charge < -0.3 is 30.5 Å². The molecular formula is C40H50FN5O6. The molecule has 3 aromatic carbocycles. The minimum Gasteiger partial charge on any atom is -0.491 e. The highest BCUT2D eigenvalue weighted by molar-refractivity contribution is 6.00. The third-order valence-electron chi connectivity index (χ3n) is 8.99. The molecule has 0 spiro atoms. The minimum atomic E-state index is -1.13. The van der Waals surface area contributed by atoms with Gasteiger partial charge in [0.2, 0.25) is 23.6 Å². The van der Waals surface area contributed by atoms with Crippen LogP contribution in [0.1, 0.15) is 68.4 Å². The average molecular weight is 716 g/mol. The monoisotopic (exact) mass is 715 g/mol. The Balaban J connectivity index is 1.65. The molecule has 0 radical (unpaired) electrons. The predicted molar refractivity (Wildman–Crippen MR) is 196 cm³/mol. The second-order valence-corrected chi connectivity index (χ2v) is 14.4. The topological polar surface area (TPSA) is 137 Å². The first-order chi connectivity index (χ1) is 24.7. The van der Waals surface area contributed by atoms with Crippen molar-refractivity contribution in [2.45, 2.75) is 71.0 Å². The Labute approximate surface area is 305 Å². The van der Waals surface area contributed by atoms with Crippen LogP contribution in [0.5, 0.6) is 5.75 Å². The molecule has 0 aliphatic carbocycles. The first-order valence-corrected chi connectivity index (χ1v) is 17.6. The van der Waals surface area contributed by atoms with Gasteiger partial charge in [-0.2, -0.15) is 0 Å². The molecule has 0 saturated carbocycles. The van der Waals surface area contributed by atoms with Crippen molar-refractivity contribution in [3.8, 4) is 5.75 Å². The van der Waals surface area contributed by atoms with Crippen LogP contribution < -0.4 is 20.7 Å². The van der Waals surface area contributed by atoms with E-state index in [0.29, 0.717) is 6.42 Å². The average Bonchev–Trinajstić information content (AvgIpc) is 3.10. The molecule has 278 valence electrons. The van der Waals surface area contributed by atoms with Crippen molar-refractivity contribution >= 4 is 29.5 Å². The van der Waals surface area contributed by atoms with E-state index in [9.17, 15) is 28.4 Å². The number of nitrogens with zero attached hydrogens (tertiary/aromatic N) is 2. The summed E-state index contributed by atoms with van der Waals surface area (Å²) in [7, 11) is 1.51. The van der Waals surface area contributed by atoms with Crippen molar-refractivity contribution in [2.24, 2.45) is 5.92 Å². The van der Waals surface area contributed by atoms with Gasteiger partial charge in [0.05, 0.1) is 18.2 Å². The number of rotatable bonds is 8. The highest BCUT2D eigenvalue weighted by atomic mass is 19.1. The lowest BCUT2D eigenvalue weighted by atomic mass is 9.84. The van der Waals surface area contributed by atoms with Gasteiger partial charge >= 0.3 is 0 Å². The number of likely N-dealkylation sites (N-methyl/N-ethyl adjacent to an activating group) is 1. The van der Waals surface area contributed by atoms with Crippen molar-refractivity contribution in [1.29, 1.82) is 0 Å². The van der Waals surface area contributed by atoms with Crippen LogP contribution in [0.4, 0.5) is 4.39 Å². The molecular weight excluding hydrogens is 665 g/mol. The van der Waals surface area contributed by atoms with Crippen LogP contribution in [0.3, 0.4) is 0 Å². The lowest BCUT2D eigenvalue weighted by Gasteiger charge is -2.29. The standard InChI is InChI=1S/C40H50FN5O6/c1-27(2)21-31-25-52-34-14-10-9-13-32(34)38(50)44-33(39(51)42-26-40(3,4)29-15-17-30(41)18-16-29)19-20-36(48)46(22-28-11-7-6-8-12-28)24-37(49)45(5)23-35(47)43-31/h6-18,27,31,33H,19-26H2,1-5H3,(H,42,51)(H,43,47)(H,44,50)/t31-,33-/m0/s1. The van der Waals surface area contributed by atoms with Gasteiger partial charge in [-0.15, -0.1) is 0 Å². The van der Waals surface area contributed by atoms with Gasteiger partial charge in [0.25, 0.3) is 5.91 Å². The zero-order chi connectivity index (χ0) is 37.8. The Morgan fingerprint density at radius 1 is 0.923 bits per heavy atom. The first kappa shape index (κ1) is 39.5. The number of fused-ring (bicyclic) bond motifs is 1. The third-order valence-corrected chi connectivity index (χ3v) is 8.99. The highest BCUT2D eigenvalue weighted by Crippen LogP contribution is 2.23. The van der Waals surface area contributed by atoms with Crippen molar-refractivity contribution < 1.29 is 33.1 Å². The van der Waals surface area contributed by atoms with Crippen LogP contribution in [-0.2, 0) is 31.1 Å². The predicted octanol–water partition coefficient (Wildman–Crippen LogP) is 4.21. The van der Waals surface area contributed by atoms with Gasteiger partial charge in [0, 0.05) is 32.0 Å². The Morgan fingerprint density at radius 2 is 1.60 bits per heavy atom. The van der Waals surface area contributed by atoms with Gasteiger partial charge in [-0.25, -0.2) is 4.39 Å². The van der Waals surface area contributed by atoms with Gasteiger partial charge in [-0.05, 0) is 54.2 Å². The van der Waals surface area contributed by atoms with E-state index in [2.05, 4.69) is 16.0 Å². The SMILES string of the molecule is CC(C)C[C@H]1COc2ccccc2C(=O)N[C@H](C(=O)NCC(C)(C)c2ccc(F)cc2)CCC(=O)N(Cc2ccccc2)CC(=O)N(C)CC(=O)N1. The normalized spacial score (nSPS) is 18.4. The van der Waals surface area contributed by atoms with E-state index in [1.807, 2.05) is 58.0 Å². The van der Waals surface area contributed by atoms with E-state index in [-0.39, 0.29) is 74.6 Å². The first-order valence-electron chi connectivity index (χ1n) is 17.6. The van der Waals surface area contributed by atoms with E-state index < -0.39 is 41.1 Å². The van der Waals surface area contributed by atoms with E-state index in [1.165, 1.54) is 29.0 Å². The molecule has 11 nitrogen and oxygen atoms in total. The summed E-state index contributed by atoms with van der Waals surface area (Å²) in [4.78, 5) is 70.7. The Kier molecular flexibility index (Phi) is 13.9. The van der Waals surface area contributed by atoms with Crippen molar-refractivity contribution in [3.05, 3.63) is 101 Å². The Morgan fingerprint density at radius 3 is 2.29 bits per heavy atom. The maximum atomic E-state index is 13.8. The Bertz CT molecular complexity index is 1700. The fourth-order valence-electron chi connectivity index (χ4n) is 5.97. The number of benzene rings is 3. The minimum absolute atomic E-state index is 0.0631. The summed E-state index contributed by atoms with van der Waals surface area (Å²) in [6.07, 6.45) is 0.345. The molecule has 12 heteroatoms. The smallest absolute Gasteiger partial charge is 0.255 e. The van der Waals surface area contributed by atoms with Gasteiger partial charge in [0.15, 0.2) is 0 Å². The van der Waals surface area contributed by atoms with Crippen LogP contribution in [0.2, 0.25) is 0 Å². The number of nitrogens with one attached hydrogen (secondary N) is 3. The fraction of sp³-hybridized carbons (Fsp3) is 0.425. The molecule has 1 aliphatic heterocycles. The Hall–Kier alpha value is -5.26. The number of para-hydroxylation sites is 1. The molecule has 4 rings (SSSR count). The molecule has 1 heterocycles. The molecule has 1 aliphatic rings. The van der Waals surface area contributed by atoms with Crippen LogP contribution in [-0.4, -0.2) is 84.7 Å². The van der Waals surface area contributed by atoms with Crippen LogP contribution in [0, 0.1) is 11.7 Å². The van der Waals surface area contributed by atoms with Gasteiger partial charge in [-0.3, -0.25) is 24.0 Å². The third kappa shape index (κ3) is 11.6. The fourth-order valence-corrected chi connectivity index (χ4v) is 5.97. The summed E-state index contributed by atoms with van der Waals surface area (Å²) in [5, 5.41) is 8.69. The van der Waals surface area contributed by atoms with E-state index in [4.69, 9.17) is 4.74 Å². The van der Waals surface area contributed by atoms with E-state index >= 15 is 0 Å². The molecule has 0 aromatic heterocycles. The van der Waals surface area contributed by atoms with Crippen LogP contribution in [0.25, 0.3) is 0 Å². The molecule has 3 aromatic rings. The summed E-state index contributed by atoms with van der Waals surface area (Å²) >= 11 is 0. The molecule has 0 unspecified atom stereocenters. The zero-order valence-electron chi connectivity index (χ0n) is 30.6. The maximum absolute atomic E-state index is 13.8. The van der Waals surface area contributed by atoms with Crippen LogP contribution in [0.15, 0.2) is 78.9 Å². The molecule has 0 bridgehead atoms. The molecule has 0 saturated heterocycles. The molecule has 2 atom stereocenters. The lowest BCUT2D eigenvalue weighted by molar-refractivity contribution is -0.142. The number of hydrogen-bond donors (Lipinski definition) is 3. The molecule has 52 heavy (non-hydrogen) atoms. The number of carbonyl (C=O) groups excluding carboxylic acids is 5. The molecule has 5 amide bonds. The van der Waals surface area contributed by atoms with E-state index in [1.54, 1.807) is 36.4 Å². The number of ether oxygens (including phenoxy) is 1. The highest BCUT2D eigenvalue weighted by Gasteiger charge is 2.29. The lowest BCUT2D eigenvalue weighted by Crippen LogP contribution is -2.50. The summed E-state index contributed by atoms with van der Waals surface area (Å²) < 4.78 is 19.7. The maximum Gasteiger partial charge on any atom is 0.255 e. The number of carbonyl (C=O) groups is 5. The summed E-state index contributed by atoms with van der Waals surface area (Å²) in [5.74, 6) is -2.21.